The van der Waals surface area contributed by atoms with E-state index in [0.29, 0.717) is 35.4 Å². The SMILES string of the molecule is COCC(F)(F)C(=O)N1CCC([C@@H](C)n2c(C)c(C(=O)NCc3c(OC)cc(C)[nH]c3=O)c3ccccc32)CC1. The van der Waals surface area contributed by atoms with E-state index in [1.807, 2.05) is 31.2 Å². The molecule has 40 heavy (non-hydrogen) atoms. The van der Waals surface area contributed by atoms with E-state index in [4.69, 9.17) is 4.74 Å². The molecule has 1 saturated heterocycles. The van der Waals surface area contributed by atoms with Gasteiger partial charge in [-0.2, -0.15) is 8.78 Å². The number of aromatic amines is 1. The first-order valence-electron chi connectivity index (χ1n) is 13.3. The minimum atomic E-state index is -3.55. The molecular formula is C29H36F2N4O5. The summed E-state index contributed by atoms with van der Waals surface area (Å²) < 4.78 is 40.2. The van der Waals surface area contributed by atoms with Gasteiger partial charge in [0.2, 0.25) is 0 Å². The monoisotopic (exact) mass is 558 g/mol. The van der Waals surface area contributed by atoms with Gasteiger partial charge >= 0.3 is 5.92 Å². The number of methoxy groups -OCH3 is 2. The molecule has 2 aromatic heterocycles. The second kappa shape index (κ2) is 11.8. The first kappa shape index (κ1) is 29.3. The minimum absolute atomic E-state index is 0.00762. The summed E-state index contributed by atoms with van der Waals surface area (Å²) in [6, 6.07) is 9.27. The number of nitrogens with one attached hydrogen (secondary N) is 2. The zero-order chi connectivity index (χ0) is 29.2. The zero-order valence-electron chi connectivity index (χ0n) is 23.5. The molecule has 9 nitrogen and oxygen atoms in total. The van der Waals surface area contributed by atoms with Crippen molar-refractivity contribution in [2.45, 2.75) is 52.1 Å². The summed E-state index contributed by atoms with van der Waals surface area (Å²) in [5.74, 6) is -4.55. The first-order valence-corrected chi connectivity index (χ1v) is 13.3. The number of benzene rings is 1. The lowest BCUT2D eigenvalue weighted by Gasteiger charge is -2.37. The maximum Gasteiger partial charge on any atom is 0.347 e. The van der Waals surface area contributed by atoms with Crippen LogP contribution in [0, 0.1) is 19.8 Å². The molecule has 0 bridgehead atoms. The number of carbonyl (C=O) groups is 2. The van der Waals surface area contributed by atoms with Crippen LogP contribution in [0.3, 0.4) is 0 Å². The number of alkyl halides is 2. The van der Waals surface area contributed by atoms with Gasteiger partial charge in [0, 0.05) is 48.5 Å². The number of piperidine rings is 1. The topological polar surface area (TPSA) is 106 Å². The third-order valence-electron chi connectivity index (χ3n) is 7.81. The number of ether oxygens (including phenoxy) is 2. The highest BCUT2D eigenvalue weighted by atomic mass is 19.3. The Kier molecular flexibility index (Phi) is 8.62. The Labute approximate surface area is 231 Å². The molecule has 4 rings (SSSR count). The van der Waals surface area contributed by atoms with E-state index in [-0.39, 0.29) is 43.1 Å². The molecule has 0 spiro atoms. The van der Waals surface area contributed by atoms with Crippen LogP contribution in [0.25, 0.3) is 10.9 Å². The molecule has 3 aromatic rings. The van der Waals surface area contributed by atoms with Crippen molar-refractivity contribution in [3.8, 4) is 5.75 Å². The molecule has 11 heteroatoms. The number of fused-ring (bicyclic) bond motifs is 1. The van der Waals surface area contributed by atoms with E-state index in [1.54, 1.807) is 13.0 Å². The Morgan fingerprint density at radius 3 is 2.50 bits per heavy atom. The van der Waals surface area contributed by atoms with Gasteiger partial charge in [0.15, 0.2) is 0 Å². The van der Waals surface area contributed by atoms with Crippen LogP contribution in [0.2, 0.25) is 0 Å². The van der Waals surface area contributed by atoms with Gasteiger partial charge in [-0.15, -0.1) is 0 Å². The number of para-hydroxylation sites is 1. The molecule has 0 aliphatic carbocycles. The van der Waals surface area contributed by atoms with Crippen molar-refractivity contribution in [1.29, 1.82) is 0 Å². The quantitative estimate of drug-likeness (QED) is 0.414. The lowest BCUT2D eigenvalue weighted by Crippen LogP contribution is -2.49. The van der Waals surface area contributed by atoms with E-state index < -0.39 is 18.4 Å². The van der Waals surface area contributed by atoms with Crippen molar-refractivity contribution in [1.82, 2.24) is 19.8 Å². The number of H-pyrrole nitrogens is 1. The van der Waals surface area contributed by atoms with Crippen molar-refractivity contribution < 1.29 is 27.8 Å². The number of aryl methyl sites for hydroxylation is 1. The second-order valence-corrected chi connectivity index (χ2v) is 10.4. The lowest BCUT2D eigenvalue weighted by atomic mass is 9.89. The molecule has 1 aromatic carbocycles. The fraction of sp³-hybridized carbons (Fsp3) is 0.483. The fourth-order valence-electron chi connectivity index (χ4n) is 5.77. The van der Waals surface area contributed by atoms with Gasteiger partial charge in [0.1, 0.15) is 12.4 Å². The number of aromatic nitrogens is 2. The number of rotatable bonds is 9. The molecule has 216 valence electrons. The summed E-state index contributed by atoms with van der Waals surface area (Å²) in [6.45, 7) is 5.20. The summed E-state index contributed by atoms with van der Waals surface area (Å²) in [4.78, 5) is 42.3. The highest BCUT2D eigenvalue weighted by Gasteiger charge is 2.43. The highest BCUT2D eigenvalue weighted by Crippen LogP contribution is 2.36. The number of hydrogen-bond donors (Lipinski definition) is 2. The van der Waals surface area contributed by atoms with Crippen LogP contribution in [0.1, 0.15) is 53.1 Å². The second-order valence-electron chi connectivity index (χ2n) is 10.4. The standard InChI is InChI=1S/C29H36F2N4O5/c1-17-14-24(40-5)22(26(36)33-17)15-32-27(37)25-19(3)35(23-9-7-6-8-21(23)25)18(2)20-10-12-34(13-11-20)28(38)29(30,31)16-39-4/h6-9,14,18,20H,10-13,15-16H2,1-5H3,(H,32,37)(H,33,36)/t18-/m1/s1. The number of nitrogens with zero attached hydrogens (tertiary/aromatic N) is 2. The van der Waals surface area contributed by atoms with Crippen molar-refractivity contribution >= 4 is 22.7 Å². The van der Waals surface area contributed by atoms with Crippen molar-refractivity contribution in [3.05, 3.63) is 63.2 Å². The maximum atomic E-state index is 14.1. The van der Waals surface area contributed by atoms with Gasteiger partial charge < -0.3 is 29.2 Å². The zero-order valence-corrected chi connectivity index (χ0v) is 23.5. The number of pyridine rings is 1. The number of carbonyl (C=O) groups excluding carboxylic acids is 2. The molecule has 1 atom stereocenters. The number of halogens is 2. The Morgan fingerprint density at radius 2 is 1.85 bits per heavy atom. The van der Waals surface area contributed by atoms with Crippen LogP contribution in [0.5, 0.6) is 5.75 Å². The van der Waals surface area contributed by atoms with E-state index in [0.717, 1.165) is 23.7 Å². The molecule has 1 aliphatic rings. The molecular weight excluding hydrogens is 522 g/mol. The molecule has 1 fully saturated rings. The summed E-state index contributed by atoms with van der Waals surface area (Å²) in [5.41, 5.74) is 2.82. The van der Waals surface area contributed by atoms with Crippen LogP contribution in [-0.4, -0.2) is 66.1 Å². The predicted molar refractivity (Wildman–Crippen MR) is 147 cm³/mol. The summed E-state index contributed by atoms with van der Waals surface area (Å²) in [6.07, 6.45) is 1.11. The summed E-state index contributed by atoms with van der Waals surface area (Å²) in [7, 11) is 2.62. The summed E-state index contributed by atoms with van der Waals surface area (Å²) in [5, 5.41) is 3.66. The average molecular weight is 559 g/mol. The van der Waals surface area contributed by atoms with Crippen molar-refractivity contribution in [2.24, 2.45) is 5.92 Å². The Bertz CT molecular complexity index is 1460. The van der Waals surface area contributed by atoms with Crippen LogP contribution in [0.4, 0.5) is 8.78 Å². The predicted octanol–water partition coefficient (Wildman–Crippen LogP) is 3.97. The van der Waals surface area contributed by atoms with Gasteiger partial charge in [-0.3, -0.25) is 14.4 Å². The van der Waals surface area contributed by atoms with Crippen molar-refractivity contribution in [2.75, 3.05) is 33.9 Å². The van der Waals surface area contributed by atoms with Gasteiger partial charge in [-0.05, 0) is 51.7 Å². The number of amides is 2. The third-order valence-corrected chi connectivity index (χ3v) is 7.81. The normalized spacial score (nSPS) is 15.3. The Hall–Kier alpha value is -3.73. The first-order chi connectivity index (χ1) is 19.0. The van der Waals surface area contributed by atoms with Crippen LogP contribution in [0.15, 0.2) is 35.1 Å². The largest absolute Gasteiger partial charge is 0.496 e. The van der Waals surface area contributed by atoms with E-state index in [9.17, 15) is 23.2 Å². The van der Waals surface area contributed by atoms with E-state index >= 15 is 0 Å². The van der Waals surface area contributed by atoms with Gasteiger partial charge in [0.05, 0.1) is 24.8 Å². The summed E-state index contributed by atoms with van der Waals surface area (Å²) >= 11 is 0. The molecule has 2 N–H and O–H groups in total. The van der Waals surface area contributed by atoms with Gasteiger partial charge in [-0.25, -0.2) is 0 Å². The fourth-order valence-corrected chi connectivity index (χ4v) is 5.77. The molecule has 2 amide bonds. The number of hydrogen-bond acceptors (Lipinski definition) is 5. The molecule has 3 heterocycles. The minimum Gasteiger partial charge on any atom is -0.496 e. The maximum absolute atomic E-state index is 14.1. The van der Waals surface area contributed by atoms with E-state index in [1.165, 1.54) is 12.0 Å². The third kappa shape index (κ3) is 5.60. The smallest absolute Gasteiger partial charge is 0.347 e. The van der Waals surface area contributed by atoms with Gasteiger partial charge in [0.25, 0.3) is 17.4 Å². The van der Waals surface area contributed by atoms with Crippen molar-refractivity contribution in [3.63, 3.8) is 0 Å². The highest BCUT2D eigenvalue weighted by molar-refractivity contribution is 6.08. The average Bonchev–Trinajstić information content (AvgIpc) is 3.22. The van der Waals surface area contributed by atoms with E-state index in [2.05, 4.69) is 26.5 Å². The molecule has 1 aliphatic heterocycles. The van der Waals surface area contributed by atoms with Gasteiger partial charge in [-0.1, -0.05) is 18.2 Å². The molecule has 0 radical (unpaired) electrons. The molecule has 0 saturated carbocycles. The Balaban J connectivity index is 1.55. The lowest BCUT2D eigenvalue weighted by molar-refractivity contribution is -0.166. The van der Waals surface area contributed by atoms with Crippen LogP contribution >= 0.6 is 0 Å². The number of likely N-dealkylation sites (tertiary alicyclic amines) is 1. The Morgan fingerprint density at radius 1 is 1.18 bits per heavy atom. The van der Waals surface area contributed by atoms with Crippen LogP contribution < -0.4 is 15.6 Å². The molecule has 0 unspecified atom stereocenters. The van der Waals surface area contributed by atoms with Crippen LogP contribution in [-0.2, 0) is 16.1 Å².